The molecule has 1 heterocycles. The number of hydrogen-bond acceptors (Lipinski definition) is 1. The van der Waals surface area contributed by atoms with E-state index in [-0.39, 0.29) is 8.15 Å². The lowest BCUT2D eigenvalue weighted by atomic mass is 10.2. The van der Waals surface area contributed by atoms with Gasteiger partial charge in [-0.25, -0.2) is 0 Å². The van der Waals surface area contributed by atoms with Gasteiger partial charge in [0.25, 0.3) is 0 Å². The summed E-state index contributed by atoms with van der Waals surface area (Å²) >= 11 is 6.01. The number of aromatic nitrogens is 1. The van der Waals surface area contributed by atoms with Crippen LogP contribution in [0, 0.1) is 0 Å². The van der Waals surface area contributed by atoms with Crippen LogP contribution in [0.25, 0.3) is 10.9 Å². The van der Waals surface area contributed by atoms with Crippen LogP contribution >= 0.6 is 19.7 Å². The number of benzene rings is 1. The molecule has 0 amide bonds. The summed E-state index contributed by atoms with van der Waals surface area (Å²) in [4.78, 5) is 3.26. The zero-order chi connectivity index (χ0) is 11.5. The Hall–Kier alpha value is -0.560. The van der Waals surface area contributed by atoms with Crippen molar-refractivity contribution >= 4 is 30.7 Å². The lowest BCUT2D eigenvalue weighted by molar-refractivity contribution is 0.380. The Labute approximate surface area is 102 Å². The second-order valence-electron chi connectivity index (χ2n) is 3.71. The molecule has 16 heavy (non-hydrogen) atoms. The minimum absolute atomic E-state index is 0.377. The summed E-state index contributed by atoms with van der Waals surface area (Å²) in [5, 5.41) is 1.99. The predicted octanol–water partition coefficient (Wildman–Crippen LogP) is 4.38. The summed E-state index contributed by atoms with van der Waals surface area (Å²) in [7, 11) is -0.377. The first kappa shape index (κ1) is 11.9. The predicted molar refractivity (Wildman–Crippen MR) is 71.5 cm³/mol. The first-order chi connectivity index (χ1) is 7.70. The molecule has 2 nitrogen and oxygen atoms in total. The van der Waals surface area contributed by atoms with Gasteiger partial charge in [-0.05, 0) is 37.4 Å². The molecule has 4 heteroatoms. The van der Waals surface area contributed by atoms with Crippen molar-refractivity contribution in [3.8, 4) is 0 Å². The monoisotopic (exact) mass is 255 g/mol. The molecule has 1 aromatic carbocycles. The maximum atomic E-state index is 6.01. The largest absolute Gasteiger partial charge is 0.361 e. The summed E-state index contributed by atoms with van der Waals surface area (Å²) in [6.07, 6.45) is 3.03. The van der Waals surface area contributed by atoms with Crippen molar-refractivity contribution in [2.45, 2.75) is 13.1 Å². The standard InChI is InChI=1S/C12H15ClNOP/c1-3-15-16(2)8-9-7-14-12-5-4-10(13)6-11(9)12/h4-7,14H,3,8H2,1-2H3. The molecule has 1 unspecified atom stereocenters. The van der Waals surface area contributed by atoms with E-state index in [2.05, 4.69) is 17.8 Å². The van der Waals surface area contributed by atoms with Gasteiger partial charge in [0.1, 0.15) is 0 Å². The molecule has 0 radical (unpaired) electrons. The van der Waals surface area contributed by atoms with Gasteiger partial charge in [0.15, 0.2) is 0 Å². The topological polar surface area (TPSA) is 25.0 Å². The SMILES string of the molecule is CCOP(C)Cc1c[nH]c2ccc(Cl)cc12. The molecule has 2 aromatic rings. The molecule has 0 saturated heterocycles. The van der Waals surface area contributed by atoms with E-state index in [4.69, 9.17) is 16.1 Å². The average Bonchev–Trinajstić information content (AvgIpc) is 2.61. The van der Waals surface area contributed by atoms with Crippen molar-refractivity contribution in [1.82, 2.24) is 4.98 Å². The minimum Gasteiger partial charge on any atom is -0.361 e. The van der Waals surface area contributed by atoms with Crippen LogP contribution in [-0.4, -0.2) is 18.3 Å². The number of nitrogens with one attached hydrogen (secondary N) is 1. The van der Waals surface area contributed by atoms with Crippen LogP contribution in [-0.2, 0) is 10.7 Å². The molecule has 1 N–H and O–H groups in total. The van der Waals surface area contributed by atoms with Crippen molar-refractivity contribution in [3.05, 3.63) is 35.0 Å². The van der Waals surface area contributed by atoms with Crippen LogP contribution in [0.15, 0.2) is 24.4 Å². The Balaban J connectivity index is 2.27. The number of halogens is 1. The summed E-state index contributed by atoms with van der Waals surface area (Å²) in [6, 6.07) is 5.93. The quantitative estimate of drug-likeness (QED) is 0.806. The van der Waals surface area contributed by atoms with Gasteiger partial charge >= 0.3 is 0 Å². The highest BCUT2D eigenvalue weighted by atomic mass is 35.5. The third-order valence-electron chi connectivity index (χ3n) is 2.47. The summed E-state index contributed by atoms with van der Waals surface area (Å²) < 4.78 is 5.61. The van der Waals surface area contributed by atoms with Crippen LogP contribution in [0.3, 0.4) is 0 Å². The van der Waals surface area contributed by atoms with Crippen LogP contribution in [0.4, 0.5) is 0 Å². The first-order valence-corrected chi connectivity index (χ1v) is 7.57. The lowest BCUT2D eigenvalue weighted by Gasteiger charge is -2.10. The van der Waals surface area contributed by atoms with Gasteiger partial charge in [-0.1, -0.05) is 11.6 Å². The fraction of sp³-hybridized carbons (Fsp3) is 0.333. The van der Waals surface area contributed by atoms with Gasteiger partial charge in [0.05, 0.1) is 0 Å². The number of hydrogen-bond donors (Lipinski definition) is 1. The highest BCUT2D eigenvalue weighted by Crippen LogP contribution is 2.38. The molecule has 86 valence electrons. The smallest absolute Gasteiger partial charge is 0.0480 e. The molecular weight excluding hydrogens is 241 g/mol. The second-order valence-corrected chi connectivity index (χ2v) is 5.97. The molecule has 0 aliphatic rings. The Bertz CT molecular complexity index is 483. The fourth-order valence-electron chi connectivity index (χ4n) is 1.79. The van der Waals surface area contributed by atoms with Gasteiger partial charge in [0.2, 0.25) is 0 Å². The molecule has 2 rings (SSSR count). The van der Waals surface area contributed by atoms with Gasteiger partial charge in [0, 0.05) is 43.0 Å². The van der Waals surface area contributed by atoms with E-state index in [1.165, 1.54) is 10.9 Å². The highest BCUT2D eigenvalue weighted by Gasteiger charge is 2.08. The second kappa shape index (κ2) is 5.18. The lowest BCUT2D eigenvalue weighted by Crippen LogP contribution is -1.86. The van der Waals surface area contributed by atoms with Crippen molar-refractivity contribution in [2.75, 3.05) is 13.3 Å². The zero-order valence-electron chi connectivity index (χ0n) is 9.46. The maximum Gasteiger partial charge on any atom is 0.0480 e. The molecule has 0 aliphatic heterocycles. The van der Waals surface area contributed by atoms with Crippen LogP contribution in [0.1, 0.15) is 12.5 Å². The van der Waals surface area contributed by atoms with Gasteiger partial charge in [-0.15, -0.1) is 0 Å². The number of H-pyrrole nitrogens is 1. The van der Waals surface area contributed by atoms with Crippen LogP contribution < -0.4 is 0 Å². The van der Waals surface area contributed by atoms with E-state index in [1.807, 2.05) is 25.1 Å². The van der Waals surface area contributed by atoms with Gasteiger partial charge < -0.3 is 9.51 Å². The van der Waals surface area contributed by atoms with E-state index < -0.39 is 0 Å². The molecule has 0 aliphatic carbocycles. The average molecular weight is 256 g/mol. The Kier molecular flexibility index (Phi) is 3.86. The third-order valence-corrected chi connectivity index (χ3v) is 4.19. The summed E-state index contributed by atoms with van der Waals surface area (Å²) in [5.41, 5.74) is 2.43. The Morgan fingerprint density at radius 1 is 1.44 bits per heavy atom. The van der Waals surface area contributed by atoms with E-state index >= 15 is 0 Å². The van der Waals surface area contributed by atoms with Crippen molar-refractivity contribution in [3.63, 3.8) is 0 Å². The number of fused-ring (bicyclic) bond motifs is 1. The van der Waals surface area contributed by atoms with E-state index in [9.17, 15) is 0 Å². The first-order valence-electron chi connectivity index (χ1n) is 5.30. The molecule has 0 fully saturated rings. The number of aromatic amines is 1. The fourth-order valence-corrected chi connectivity index (χ4v) is 3.23. The maximum absolute atomic E-state index is 6.01. The number of rotatable bonds is 4. The van der Waals surface area contributed by atoms with E-state index in [0.717, 1.165) is 23.3 Å². The van der Waals surface area contributed by atoms with Crippen molar-refractivity contribution in [1.29, 1.82) is 0 Å². The summed E-state index contributed by atoms with van der Waals surface area (Å²) in [6.45, 7) is 4.97. The Morgan fingerprint density at radius 2 is 2.25 bits per heavy atom. The van der Waals surface area contributed by atoms with Crippen LogP contribution in [0.5, 0.6) is 0 Å². The van der Waals surface area contributed by atoms with Crippen molar-refractivity contribution < 1.29 is 4.52 Å². The van der Waals surface area contributed by atoms with E-state index in [1.54, 1.807) is 0 Å². The van der Waals surface area contributed by atoms with Gasteiger partial charge in [-0.2, -0.15) is 0 Å². The molecule has 0 saturated carbocycles. The highest BCUT2D eigenvalue weighted by molar-refractivity contribution is 7.50. The molecule has 1 atom stereocenters. The minimum atomic E-state index is -0.377. The molecule has 1 aromatic heterocycles. The molecule has 0 bridgehead atoms. The van der Waals surface area contributed by atoms with Crippen LogP contribution in [0.2, 0.25) is 5.02 Å². The third kappa shape index (κ3) is 2.57. The molecular formula is C12H15ClNOP. The van der Waals surface area contributed by atoms with Gasteiger partial charge in [-0.3, -0.25) is 0 Å². The molecule has 0 spiro atoms. The zero-order valence-corrected chi connectivity index (χ0v) is 11.1. The summed E-state index contributed by atoms with van der Waals surface area (Å²) in [5.74, 6) is 0. The van der Waals surface area contributed by atoms with E-state index in [0.29, 0.717) is 0 Å². The Morgan fingerprint density at radius 3 is 3.00 bits per heavy atom. The van der Waals surface area contributed by atoms with Crippen molar-refractivity contribution in [2.24, 2.45) is 0 Å². The normalized spacial score (nSPS) is 13.2.